The number of fused-ring (bicyclic) bond motifs is 2. The molecule has 0 spiro atoms. The Hall–Kier alpha value is -5.08. The lowest BCUT2D eigenvalue weighted by Gasteiger charge is -2.40. The molecule has 2 saturated heterocycles. The summed E-state index contributed by atoms with van der Waals surface area (Å²) in [4.78, 5) is 50.4. The minimum atomic E-state index is -0.0880. The number of anilines is 3. The summed E-state index contributed by atoms with van der Waals surface area (Å²) in [7, 11) is 2.08. The first-order chi connectivity index (χ1) is 22.0. The topological polar surface area (TPSA) is 113 Å². The van der Waals surface area contributed by atoms with Crippen molar-refractivity contribution in [1.82, 2.24) is 29.7 Å². The number of urea groups is 1. The van der Waals surface area contributed by atoms with Crippen molar-refractivity contribution in [2.75, 3.05) is 62.7 Å². The third-order valence-electron chi connectivity index (χ3n) is 9.22. The van der Waals surface area contributed by atoms with E-state index in [9.17, 15) is 14.9 Å². The maximum atomic E-state index is 13.9. The van der Waals surface area contributed by atoms with Gasteiger partial charge in [0.2, 0.25) is 0 Å². The summed E-state index contributed by atoms with van der Waals surface area (Å²) in [6.07, 6.45) is 5.00. The first kappa shape index (κ1) is 28.7. The fourth-order valence-corrected chi connectivity index (χ4v) is 6.65. The molecule has 3 aliphatic heterocycles. The Bertz CT molecular complexity index is 1790. The van der Waals surface area contributed by atoms with Crippen LogP contribution in [0.5, 0.6) is 0 Å². The number of piperazine rings is 1. The summed E-state index contributed by atoms with van der Waals surface area (Å²) in [6.45, 7) is 6.06. The van der Waals surface area contributed by atoms with Gasteiger partial charge in [-0.2, -0.15) is 5.26 Å². The van der Waals surface area contributed by atoms with E-state index in [-0.39, 0.29) is 17.6 Å². The number of nitriles is 1. The maximum Gasteiger partial charge on any atom is 0.329 e. The molecule has 2 aromatic carbocycles. The number of likely N-dealkylation sites (N-methyl/N-ethyl adjacent to an activating group) is 1. The highest BCUT2D eigenvalue weighted by Crippen LogP contribution is 2.36. The number of hydrogen-bond acceptors (Lipinski definition) is 8. The van der Waals surface area contributed by atoms with Gasteiger partial charge >= 0.3 is 6.03 Å². The number of amides is 3. The van der Waals surface area contributed by atoms with E-state index in [1.807, 2.05) is 46.2 Å². The summed E-state index contributed by atoms with van der Waals surface area (Å²) in [5.41, 5.74) is 4.26. The highest BCUT2D eigenvalue weighted by Gasteiger charge is 2.34. The van der Waals surface area contributed by atoms with Crippen LogP contribution in [0.25, 0.3) is 10.9 Å². The molecule has 0 unspecified atom stereocenters. The Labute approximate surface area is 262 Å². The fraction of sp³-hybridized carbons (Fsp3) is 0.353. The van der Waals surface area contributed by atoms with E-state index in [1.54, 1.807) is 29.6 Å². The smallest absolute Gasteiger partial charge is 0.329 e. The molecular formula is C34H35N9O2. The van der Waals surface area contributed by atoms with Gasteiger partial charge < -0.3 is 19.6 Å². The normalized spacial score (nSPS) is 17.8. The largest absolute Gasteiger partial charge is 0.356 e. The number of aromatic nitrogens is 3. The van der Waals surface area contributed by atoms with Crippen LogP contribution in [0.4, 0.5) is 22.0 Å². The van der Waals surface area contributed by atoms with Crippen LogP contribution in [-0.2, 0) is 6.54 Å². The van der Waals surface area contributed by atoms with Crippen molar-refractivity contribution >= 4 is 40.0 Å². The fourth-order valence-electron chi connectivity index (χ4n) is 6.65. The second-order valence-corrected chi connectivity index (χ2v) is 12.1. The molecule has 0 radical (unpaired) electrons. The lowest BCUT2D eigenvalue weighted by molar-refractivity contribution is 0.0664. The van der Waals surface area contributed by atoms with Gasteiger partial charge in [0.25, 0.3) is 5.91 Å². The number of nitrogens with zero attached hydrogens (tertiary/aromatic N) is 9. The van der Waals surface area contributed by atoms with Crippen LogP contribution in [0.1, 0.15) is 34.5 Å². The van der Waals surface area contributed by atoms with E-state index in [0.29, 0.717) is 30.3 Å². The van der Waals surface area contributed by atoms with Crippen molar-refractivity contribution in [2.24, 2.45) is 5.92 Å². The van der Waals surface area contributed by atoms with Gasteiger partial charge in [-0.1, -0.05) is 18.2 Å². The van der Waals surface area contributed by atoms with Crippen LogP contribution in [-0.4, -0.2) is 94.5 Å². The van der Waals surface area contributed by atoms with E-state index in [2.05, 4.69) is 43.9 Å². The van der Waals surface area contributed by atoms with Gasteiger partial charge in [0, 0.05) is 69.5 Å². The highest BCUT2D eigenvalue weighted by atomic mass is 16.2. The average Bonchev–Trinajstić information content (AvgIpc) is 3.08. The van der Waals surface area contributed by atoms with Crippen LogP contribution < -0.4 is 9.80 Å². The number of hydrogen-bond donors (Lipinski definition) is 0. The molecule has 228 valence electrons. The van der Waals surface area contributed by atoms with Crippen LogP contribution in [0, 0.1) is 17.2 Å². The summed E-state index contributed by atoms with van der Waals surface area (Å²) in [5.74, 6) is 1.27. The summed E-state index contributed by atoms with van der Waals surface area (Å²) >= 11 is 0. The maximum absolute atomic E-state index is 13.9. The molecule has 2 fully saturated rings. The summed E-state index contributed by atoms with van der Waals surface area (Å²) < 4.78 is 0. The first-order valence-corrected chi connectivity index (χ1v) is 15.5. The lowest BCUT2D eigenvalue weighted by Crippen LogP contribution is -2.48. The number of para-hydroxylation sites is 1. The Kier molecular flexibility index (Phi) is 7.73. The molecule has 5 heterocycles. The van der Waals surface area contributed by atoms with E-state index < -0.39 is 0 Å². The number of carbonyl (C=O) groups excluding carboxylic acids is 2. The molecular weight excluding hydrogens is 566 g/mol. The van der Waals surface area contributed by atoms with Crippen molar-refractivity contribution in [3.05, 3.63) is 83.9 Å². The second-order valence-electron chi connectivity index (χ2n) is 12.1. The van der Waals surface area contributed by atoms with Gasteiger partial charge in [-0.15, -0.1) is 0 Å². The zero-order valence-corrected chi connectivity index (χ0v) is 25.3. The zero-order valence-electron chi connectivity index (χ0n) is 25.3. The molecule has 11 nitrogen and oxygen atoms in total. The molecule has 0 saturated carbocycles. The number of piperidine rings is 1. The second kappa shape index (κ2) is 12.1. The first-order valence-electron chi connectivity index (χ1n) is 15.5. The molecule has 11 heteroatoms. The van der Waals surface area contributed by atoms with Gasteiger partial charge in [0.1, 0.15) is 23.9 Å². The quantitative estimate of drug-likeness (QED) is 0.333. The van der Waals surface area contributed by atoms with Crippen LogP contribution >= 0.6 is 0 Å². The van der Waals surface area contributed by atoms with Crippen LogP contribution in [0.2, 0.25) is 0 Å². The highest BCUT2D eigenvalue weighted by molar-refractivity contribution is 6.02. The van der Waals surface area contributed by atoms with E-state index in [4.69, 9.17) is 0 Å². The van der Waals surface area contributed by atoms with Crippen molar-refractivity contribution in [1.29, 1.82) is 5.26 Å². The Balaban J connectivity index is 1.04. The van der Waals surface area contributed by atoms with Crippen molar-refractivity contribution in [3.8, 4) is 6.07 Å². The van der Waals surface area contributed by atoms with Crippen molar-refractivity contribution in [2.45, 2.75) is 19.4 Å². The predicted octanol–water partition coefficient (Wildman–Crippen LogP) is 4.27. The van der Waals surface area contributed by atoms with Gasteiger partial charge in [0.05, 0.1) is 16.9 Å². The number of benzene rings is 2. The van der Waals surface area contributed by atoms with Crippen LogP contribution in [0.15, 0.2) is 67.1 Å². The Morgan fingerprint density at radius 3 is 2.56 bits per heavy atom. The predicted molar refractivity (Wildman–Crippen MR) is 171 cm³/mol. The molecule has 0 aliphatic carbocycles. The molecule has 2 aromatic heterocycles. The summed E-state index contributed by atoms with van der Waals surface area (Å²) in [5, 5.41) is 10.3. The molecule has 3 aliphatic rings. The molecule has 0 N–H and O–H groups in total. The van der Waals surface area contributed by atoms with Crippen molar-refractivity contribution in [3.63, 3.8) is 0 Å². The Morgan fingerprint density at radius 2 is 1.76 bits per heavy atom. The van der Waals surface area contributed by atoms with E-state index >= 15 is 0 Å². The third kappa shape index (κ3) is 5.65. The third-order valence-corrected chi connectivity index (χ3v) is 9.22. The number of carbonyl (C=O) groups is 2. The average molecular weight is 602 g/mol. The number of pyridine rings is 1. The van der Waals surface area contributed by atoms with E-state index in [0.717, 1.165) is 80.1 Å². The molecule has 0 bridgehead atoms. The molecule has 7 rings (SSSR count). The SMILES string of the molecule is CN1CCN(C(=O)c2ccc3c(N4CCC(CN5Cc6ccccc6N(c6ccnc(C#N)c6)C5=O)CC4)ncnc3c2)CC1. The van der Waals surface area contributed by atoms with Gasteiger partial charge in [-0.3, -0.25) is 9.69 Å². The van der Waals surface area contributed by atoms with Crippen molar-refractivity contribution < 1.29 is 9.59 Å². The monoisotopic (exact) mass is 601 g/mol. The minimum Gasteiger partial charge on any atom is -0.356 e. The molecule has 4 aromatic rings. The Morgan fingerprint density at radius 1 is 0.956 bits per heavy atom. The molecule has 0 atom stereocenters. The number of rotatable bonds is 5. The van der Waals surface area contributed by atoms with E-state index in [1.165, 1.54) is 0 Å². The van der Waals surface area contributed by atoms with Gasteiger partial charge in [0.15, 0.2) is 0 Å². The van der Waals surface area contributed by atoms with Gasteiger partial charge in [-0.05, 0) is 67.8 Å². The standard InChI is InChI=1S/C34H35N9O2/c1-39-14-16-41(17-15-39)33(44)25-6-7-29-30(18-25)37-23-38-32(29)40-12-9-24(10-13-40)21-42-22-26-4-2-3-5-31(26)43(34(42)45)28-8-11-36-27(19-28)20-35/h2-8,11,18-19,23-24H,9-10,12-17,21-22H2,1H3. The lowest BCUT2D eigenvalue weighted by atomic mass is 9.95. The molecule has 45 heavy (non-hydrogen) atoms. The van der Waals surface area contributed by atoms with Crippen LogP contribution in [0.3, 0.4) is 0 Å². The molecule has 3 amide bonds. The summed E-state index contributed by atoms with van der Waals surface area (Å²) in [6, 6.07) is 19.1. The zero-order chi connectivity index (χ0) is 30.9. The minimum absolute atomic E-state index is 0.0499. The van der Waals surface area contributed by atoms with Gasteiger partial charge in [-0.25, -0.2) is 19.7 Å².